The van der Waals surface area contributed by atoms with E-state index in [1.54, 1.807) is 7.11 Å². The molecule has 0 saturated carbocycles. The van der Waals surface area contributed by atoms with Crippen LogP contribution in [0.15, 0.2) is 29.3 Å². The lowest BCUT2D eigenvalue weighted by atomic mass is 10.2. The number of nitrogens with zero attached hydrogens (tertiary/aromatic N) is 3. The normalized spacial score (nSPS) is 24.1. The van der Waals surface area contributed by atoms with E-state index in [4.69, 9.17) is 9.73 Å². The van der Waals surface area contributed by atoms with Crippen molar-refractivity contribution in [1.82, 2.24) is 15.5 Å². The van der Waals surface area contributed by atoms with Gasteiger partial charge in [0.2, 0.25) is 0 Å². The average molecular weight is 360 g/mol. The summed E-state index contributed by atoms with van der Waals surface area (Å²) in [4.78, 5) is 9.67. The number of likely N-dealkylation sites (tertiary alicyclic amines) is 1. The SMILES string of the molecule is CCNC(=NCC1CCCN1C)NC1CCN(c2ccccc2OC)C1. The molecule has 0 spiro atoms. The molecule has 2 atom stereocenters. The molecule has 2 unspecified atom stereocenters. The standard InChI is InChI=1S/C20H33N5O/c1-4-21-20(22-14-17-8-7-12-24(17)2)23-16-11-13-25(15-16)18-9-5-6-10-19(18)26-3/h5-6,9-10,16-17H,4,7-8,11-15H2,1-3H3,(H2,21,22,23). The summed E-state index contributed by atoms with van der Waals surface area (Å²) in [5, 5.41) is 7.03. The topological polar surface area (TPSA) is 52.1 Å². The van der Waals surface area contributed by atoms with Gasteiger partial charge in [0, 0.05) is 31.7 Å². The van der Waals surface area contributed by atoms with Gasteiger partial charge in [-0.3, -0.25) is 4.99 Å². The van der Waals surface area contributed by atoms with Crippen LogP contribution in [0.2, 0.25) is 0 Å². The van der Waals surface area contributed by atoms with Gasteiger partial charge in [-0.05, 0) is 51.9 Å². The Labute approximate surface area is 157 Å². The van der Waals surface area contributed by atoms with Crippen molar-refractivity contribution in [1.29, 1.82) is 0 Å². The van der Waals surface area contributed by atoms with Gasteiger partial charge >= 0.3 is 0 Å². The molecule has 2 saturated heterocycles. The molecule has 0 bridgehead atoms. The molecule has 2 heterocycles. The highest BCUT2D eigenvalue weighted by Gasteiger charge is 2.25. The monoisotopic (exact) mass is 359 g/mol. The van der Waals surface area contributed by atoms with Crippen LogP contribution in [0.1, 0.15) is 26.2 Å². The molecule has 0 aromatic heterocycles. The summed E-state index contributed by atoms with van der Waals surface area (Å²) in [5.74, 6) is 1.89. The second-order valence-corrected chi connectivity index (χ2v) is 7.24. The molecule has 2 aliphatic rings. The van der Waals surface area contributed by atoms with Gasteiger partial charge in [0.25, 0.3) is 0 Å². The maximum atomic E-state index is 5.52. The van der Waals surface area contributed by atoms with Gasteiger partial charge in [0.1, 0.15) is 5.75 Å². The van der Waals surface area contributed by atoms with Crippen molar-refractivity contribution in [2.45, 2.75) is 38.3 Å². The van der Waals surface area contributed by atoms with Crippen molar-refractivity contribution in [3.05, 3.63) is 24.3 Å². The lowest BCUT2D eigenvalue weighted by Crippen LogP contribution is -2.45. The van der Waals surface area contributed by atoms with Gasteiger partial charge in [-0.1, -0.05) is 12.1 Å². The number of benzene rings is 1. The molecule has 2 fully saturated rings. The van der Waals surface area contributed by atoms with Crippen LogP contribution in [-0.4, -0.2) is 69.8 Å². The van der Waals surface area contributed by atoms with Crippen molar-refractivity contribution in [2.24, 2.45) is 4.99 Å². The zero-order valence-electron chi connectivity index (χ0n) is 16.4. The number of likely N-dealkylation sites (N-methyl/N-ethyl adjacent to an activating group) is 1. The molecule has 0 aliphatic carbocycles. The maximum Gasteiger partial charge on any atom is 0.191 e. The predicted molar refractivity (Wildman–Crippen MR) is 108 cm³/mol. The Morgan fingerprint density at radius 1 is 1.27 bits per heavy atom. The zero-order valence-corrected chi connectivity index (χ0v) is 16.4. The molecule has 2 aliphatic heterocycles. The average Bonchev–Trinajstić information content (AvgIpc) is 3.29. The quantitative estimate of drug-likeness (QED) is 0.600. The van der Waals surface area contributed by atoms with Crippen LogP contribution in [0, 0.1) is 0 Å². The number of hydrogen-bond donors (Lipinski definition) is 2. The van der Waals surface area contributed by atoms with Gasteiger partial charge in [-0.2, -0.15) is 0 Å². The van der Waals surface area contributed by atoms with Gasteiger partial charge in [0.05, 0.1) is 19.3 Å². The molecular weight excluding hydrogens is 326 g/mol. The number of methoxy groups -OCH3 is 1. The second kappa shape index (κ2) is 9.12. The lowest BCUT2D eigenvalue weighted by Gasteiger charge is -2.22. The first-order chi connectivity index (χ1) is 12.7. The zero-order chi connectivity index (χ0) is 18.4. The summed E-state index contributed by atoms with van der Waals surface area (Å²) in [6.45, 7) is 7.07. The number of hydrogen-bond acceptors (Lipinski definition) is 4. The van der Waals surface area contributed by atoms with E-state index in [2.05, 4.69) is 46.5 Å². The highest BCUT2D eigenvalue weighted by Crippen LogP contribution is 2.30. The molecule has 2 N–H and O–H groups in total. The van der Waals surface area contributed by atoms with Crippen LogP contribution >= 0.6 is 0 Å². The van der Waals surface area contributed by atoms with E-state index in [0.717, 1.165) is 44.3 Å². The third-order valence-electron chi connectivity index (χ3n) is 5.43. The van der Waals surface area contributed by atoms with Gasteiger partial charge < -0.3 is 25.2 Å². The predicted octanol–water partition coefficient (Wildman–Crippen LogP) is 1.92. The first kappa shape index (κ1) is 18.8. The largest absolute Gasteiger partial charge is 0.495 e. The van der Waals surface area contributed by atoms with Crippen LogP contribution in [0.3, 0.4) is 0 Å². The van der Waals surface area contributed by atoms with E-state index in [-0.39, 0.29) is 0 Å². The third-order valence-corrected chi connectivity index (χ3v) is 5.43. The molecule has 6 heteroatoms. The van der Waals surface area contributed by atoms with Crippen LogP contribution in [-0.2, 0) is 0 Å². The van der Waals surface area contributed by atoms with Crippen molar-refractivity contribution >= 4 is 11.6 Å². The first-order valence-electron chi connectivity index (χ1n) is 9.84. The van der Waals surface area contributed by atoms with E-state index in [0.29, 0.717) is 12.1 Å². The molecule has 3 rings (SSSR count). The third kappa shape index (κ3) is 4.61. The van der Waals surface area contributed by atoms with Gasteiger partial charge in [-0.15, -0.1) is 0 Å². The summed E-state index contributed by atoms with van der Waals surface area (Å²) in [7, 11) is 3.94. The van der Waals surface area contributed by atoms with E-state index >= 15 is 0 Å². The van der Waals surface area contributed by atoms with Crippen LogP contribution in [0.25, 0.3) is 0 Å². The van der Waals surface area contributed by atoms with Crippen molar-refractivity contribution in [3.8, 4) is 5.75 Å². The number of para-hydroxylation sites is 2. The smallest absolute Gasteiger partial charge is 0.191 e. The number of rotatable bonds is 6. The Hall–Kier alpha value is -1.95. The lowest BCUT2D eigenvalue weighted by molar-refractivity contribution is 0.317. The summed E-state index contributed by atoms with van der Waals surface area (Å²) >= 11 is 0. The maximum absolute atomic E-state index is 5.52. The first-order valence-corrected chi connectivity index (χ1v) is 9.84. The number of aliphatic imine (C=N–C) groups is 1. The number of anilines is 1. The fourth-order valence-electron chi connectivity index (χ4n) is 3.91. The molecule has 0 radical (unpaired) electrons. The molecular formula is C20H33N5O. The van der Waals surface area contributed by atoms with Crippen molar-refractivity contribution in [3.63, 3.8) is 0 Å². The van der Waals surface area contributed by atoms with Crippen molar-refractivity contribution < 1.29 is 4.74 Å². The molecule has 0 amide bonds. The van der Waals surface area contributed by atoms with Gasteiger partial charge in [-0.25, -0.2) is 0 Å². The van der Waals surface area contributed by atoms with Crippen LogP contribution in [0.5, 0.6) is 5.75 Å². The van der Waals surface area contributed by atoms with E-state index in [1.807, 2.05) is 12.1 Å². The highest BCUT2D eigenvalue weighted by molar-refractivity contribution is 5.80. The van der Waals surface area contributed by atoms with E-state index in [1.165, 1.54) is 25.1 Å². The van der Waals surface area contributed by atoms with Crippen molar-refractivity contribution in [2.75, 3.05) is 51.8 Å². The fraction of sp³-hybridized carbons (Fsp3) is 0.650. The number of ether oxygens (including phenoxy) is 1. The molecule has 1 aromatic carbocycles. The molecule has 144 valence electrons. The van der Waals surface area contributed by atoms with Crippen LogP contribution < -0.4 is 20.3 Å². The van der Waals surface area contributed by atoms with Gasteiger partial charge in [0.15, 0.2) is 5.96 Å². The minimum absolute atomic E-state index is 0.402. The van der Waals surface area contributed by atoms with E-state index in [9.17, 15) is 0 Å². The minimum Gasteiger partial charge on any atom is -0.495 e. The Balaban J connectivity index is 1.58. The Bertz CT molecular complexity index is 606. The molecule has 26 heavy (non-hydrogen) atoms. The minimum atomic E-state index is 0.402. The number of guanidine groups is 1. The molecule has 1 aromatic rings. The summed E-state index contributed by atoms with van der Waals surface area (Å²) in [6, 6.07) is 9.24. The summed E-state index contributed by atoms with van der Waals surface area (Å²) in [5.41, 5.74) is 1.17. The Morgan fingerprint density at radius 3 is 2.85 bits per heavy atom. The second-order valence-electron chi connectivity index (χ2n) is 7.24. The summed E-state index contributed by atoms with van der Waals surface area (Å²) in [6.07, 6.45) is 3.65. The van der Waals surface area contributed by atoms with Crippen LogP contribution in [0.4, 0.5) is 5.69 Å². The Kier molecular flexibility index (Phi) is 6.61. The van der Waals surface area contributed by atoms with E-state index < -0.39 is 0 Å². The number of nitrogens with one attached hydrogen (secondary N) is 2. The molecule has 6 nitrogen and oxygen atoms in total. The fourth-order valence-corrected chi connectivity index (χ4v) is 3.91. The Morgan fingerprint density at radius 2 is 2.12 bits per heavy atom. The summed E-state index contributed by atoms with van der Waals surface area (Å²) < 4.78 is 5.52. The highest BCUT2D eigenvalue weighted by atomic mass is 16.5.